The standard InChI is InChI=1S/C14H22N2/c1-12-4-3-7-16(10-12)11-14-6-2-5-13(8-14)9-15/h2,5-6,8,12H,3-4,7,9-11,15H2,1H3. The van der Waals surface area contributed by atoms with Gasteiger partial charge in [0, 0.05) is 19.6 Å². The van der Waals surface area contributed by atoms with Crippen LogP contribution in [0.4, 0.5) is 0 Å². The van der Waals surface area contributed by atoms with E-state index in [1.54, 1.807) is 0 Å². The lowest BCUT2D eigenvalue weighted by Gasteiger charge is -2.30. The average molecular weight is 218 g/mol. The fourth-order valence-electron chi connectivity index (χ4n) is 2.54. The molecule has 0 amide bonds. The molecule has 1 unspecified atom stereocenters. The van der Waals surface area contributed by atoms with Crippen molar-refractivity contribution in [3.05, 3.63) is 35.4 Å². The van der Waals surface area contributed by atoms with Crippen molar-refractivity contribution < 1.29 is 0 Å². The first kappa shape index (κ1) is 11.6. The Morgan fingerprint density at radius 3 is 2.94 bits per heavy atom. The second-order valence-electron chi connectivity index (χ2n) is 5.01. The molecule has 88 valence electrons. The van der Waals surface area contributed by atoms with E-state index >= 15 is 0 Å². The van der Waals surface area contributed by atoms with Crippen molar-refractivity contribution in [1.29, 1.82) is 0 Å². The maximum atomic E-state index is 5.66. The molecule has 16 heavy (non-hydrogen) atoms. The molecule has 2 heteroatoms. The van der Waals surface area contributed by atoms with Gasteiger partial charge in [0.25, 0.3) is 0 Å². The van der Waals surface area contributed by atoms with Gasteiger partial charge in [0.2, 0.25) is 0 Å². The largest absolute Gasteiger partial charge is 0.326 e. The van der Waals surface area contributed by atoms with E-state index in [0.717, 1.165) is 12.5 Å². The zero-order chi connectivity index (χ0) is 11.4. The molecule has 1 saturated heterocycles. The fourth-order valence-corrected chi connectivity index (χ4v) is 2.54. The smallest absolute Gasteiger partial charge is 0.0233 e. The number of benzene rings is 1. The molecule has 1 heterocycles. The molecule has 1 aromatic rings. The predicted molar refractivity (Wildman–Crippen MR) is 68.0 cm³/mol. The molecule has 0 radical (unpaired) electrons. The van der Waals surface area contributed by atoms with Gasteiger partial charge < -0.3 is 5.73 Å². The van der Waals surface area contributed by atoms with E-state index in [1.807, 2.05) is 0 Å². The number of piperidine rings is 1. The molecule has 0 aromatic heterocycles. The number of hydrogen-bond acceptors (Lipinski definition) is 2. The highest BCUT2D eigenvalue weighted by Crippen LogP contribution is 2.18. The normalized spacial score (nSPS) is 22.2. The van der Waals surface area contributed by atoms with Gasteiger partial charge in [-0.2, -0.15) is 0 Å². The molecular weight excluding hydrogens is 196 g/mol. The summed E-state index contributed by atoms with van der Waals surface area (Å²) in [4.78, 5) is 2.56. The van der Waals surface area contributed by atoms with Crippen LogP contribution in [0.1, 0.15) is 30.9 Å². The van der Waals surface area contributed by atoms with Gasteiger partial charge in [-0.15, -0.1) is 0 Å². The SMILES string of the molecule is CC1CCCN(Cc2cccc(CN)c2)C1. The van der Waals surface area contributed by atoms with E-state index in [-0.39, 0.29) is 0 Å². The highest BCUT2D eigenvalue weighted by Gasteiger charge is 2.15. The van der Waals surface area contributed by atoms with Gasteiger partial charge in [-0.3, -0.25) is 4.90 Å². The third-order valence-electron chi connectivity index (χ3n) is 3.37. The Kier molecular flexibility index (Phi) is 3.97. The van der Waals surface area contributed by atoms with Crippen LogP contribution in [0.2, 0.25) is 0 Å². The lowest BCUT2D eigenvalue weighted by Crippen LogP contribution is -2.33. The Morgan fingerprint density at radius 2 is 2.19 bits per heavy atom. The first-order valence-electron chi connectivity index (χ1n) is 6.28. The molecular formula is C14H22N2. The van der Waals surface area contributed by atoms with Gasteiger partial charge in [-0.25, -0.2) is 0 Å². The quantitative estimate of drug-likeness (QED) is 0.844. The molecule has 1 aromatic carbocycles. The number of nitrogens with two attached hydrogens (primary N) is 1. The minimum atomic E-state index is 0.643. The minimum absolute atomic E-state index is 0.643. The van der Waals surface area contributed by atoms with Crippen LogP contribution in [0.25, 0.3) is 0 Å². The second kappa shape index (κ2) is 5.46. The van der Waals surface area contributed by atoms with Gasteiger partial charge in [0.1, 0.15) is 0 Å². The third-order valence-corrected chi connectivity index (χ3v) is 3.37. The summed E-state index contributed by atoms with van der Waals surface area (Å²) in [7, 11) is 0. The Hall–Kier alpha value is -0.860. The maximum Gasteiger partial charge on any atom is 0.0233 e. The fraction of sp³-hybridized carbons (Fsp3) is 0.571. The van der Waals surface area contributed by atoms with E-state index in [1.165, 1.54) is 37.1 Å². The van der Waals surface area contributed by atoms with Crippen LogP contribution in [0.15, 0.2) is 24.3 Å². The van der Waals surface area contributed by atoms with Crippen molar-refractivity contribution in [1.82, 2.24) is 4.90 Å². The van der Waals surface area contributed by atoms with Gasteiger partial charge in [-0.05, 0) is 36.4 Å². The van der Waals surface area contributed by atoms with Gasteiger partial charge in [0.05, 0.1) is 0 Å². The first-order valence-corrected chi connectivity index (χ1v) is 6.28. The van der Waals surface area contributed by atoms with Crippen molar-refractivity contribution in [2.24, 2.45) is 11.7 Å². The van der Waals surface area contributed by atoms with Crippen molar-refractivity contribution in [2.45, 2.75) is 32.9 Å². The van der Waals surface area contributed by atoms with Crippen molar-refractivity contribution in [2.75, 3.05) is 13.1 Å². The van der Waals surface area contributed by atoms with Crippen LogP contribution in [0, 0.1) is 5.92 Å². The molecule has 0 spiro atoms. The number of hydrogen-bond donors (Lipinski definition) is 1. The molecule has 1 aliphatic heterocycles. The lowest BCUT2D eigenvalue weighted by molar-refractivity contribution is 0.176. The van der Waals surface area contributed by atoms with E-state index in [9.17, 15) is 0 Å². The molecule has 2 N–H and O–H groups in total. The molecule has 0 aliphatic carbocycles. The van der Waals surface area contributed by atoms with E-state index < -0.39 is 0 Å². The summed E-state index contributed by atoms with van der Waals surface area (Å²) in [6.45, 7) is 6.56. The van der Waals surface area contributed by atoms with Gasteiger partial charge in [0.15, 0.2) is 0 Å². The summed E-state index contributed by atoms with van der Waals surface area (Å²) >= 11 is 0. The van der Waals surface area contributed by atoms with Crippen LogP contribution < -0.4 is 5.73 Å². The third kappa shape index (κ3) is 3.06. The van der Waals surface area contributed by atoms with Crippen LogP contribution >= 0.6 is 0 Å². The van der Waals surface area contributed by atoms with Gasteiger partial charge >= 0.3 is 0 Å². The van der Waals surface area contributed by atoms with E-state index in [0.29, 0.717) is 6.54 Å². The summed E-state index contributed by atoms with van der Waals surface area (Å²) in [5.41, 5.74) is 8.30. The molecule has 2 rings (SSSR count). The second-order valence-corrected chi connectivity index (χ2v) is 5.01. The monoisotopic (exact) mass is 218 g/mol. The molecule has 2 nitrogen and oxygen atoms in total. The molecule has 1 fully saturated rings. The van der Waals surface area contributed by atoms with Crippen molar-refractivity contribution in [3.63, 3.8) is 0 Å². The van der Waals surface area contributed by atoms with E-state index in [4.69, 9.17) is 5.73 Å². The van der Waals surface area contributed by atoms with Crippen molar-refractivity contribution >= 4 is 0 Å². The number of nitrogens with zero attached hydrogens (tertiary/aromatic N) is 1. The topological polar surface area (TPSA) is 29.3 Å². The lowest BCUT2D eigenvalue weighted by atomic mass is 9.99. The summed E-state index contributed by atoms with van der Waals surface area (Å²) in [6, 6.07) is 8.66. The minimum Gasteiger partial charge on any atom is -0.326 e. The first-order chi connectivity index (χ1) is 7.78. The summed E-state index contributed by atoms with van der Waals surface area (Å²) in [5.74, 6) is 0.853. The summed E-state index contributed by atoms with van der Waals surface area (Å²) in [5, 5.41) is 0. The highest BCUT2D eigenvalue weighted by atomic mass is 15.1. The molecule has 0 bridgehead atoms. The molecule has 1 aliphatic rings. The maximum absolute atomic E-state index is 5.66. The van der Waals surface area contributed by atoms with Crippen LogP contribution in [-0.4, -0.2) is 18.0 Å². The van der Waals surface area contributed by atoms with E-state index in [2.05, 4.69) is 36.1 Å². The van der Waals surface area contributed by atoms with Crippen molar-refractivity contribution in [3.8, 4) is 0 Å². The predicted octanol–water partition coefficient (Wildman–Crippen LogP) is 2.38. The van der Waals surface area contributed by atoms with Crippen LogP contribution in [-0.2, 0) is 13.1 Å². The summed E-state index contributed by atoms with van der Waals surface area (Å²) < 4.78 is 0. The highest BCUT2D eigenvalue weighted by molar-refractivity contribution is 5.23. The van der Waals surface area contributed by atoms with Crippen LogP contribution in [0.3, 0.4) is 0 Å². The Bertz CT molecular complexity index is 335. The number of rotatable bonds is 3. The Morgan fingerprint density at radius 1 is 1.38 bits per heavy atom. The van der Waals surface area contributed by atoms with Crippen LogP contribution in [0.5, 0.6) is 0 Å². The Balaban J connectivity index is 1.97. The summed E-state index contributed by atoms with van der Waals surface area (Å²) in [6.07, 6.45) is 2.73. The zero-order valence-electron chi connectivity index (χ0n) is 10.2. The zero-order valence-corrected chi connectivity index (χ0v) is 10.2. The number of likely N-dealkylation sites (tertiary alicyclic amines) is 1. The molecule has 1 atom stereocenters. The molecule has 0 saturated carbocycles. The average Bonchev–Trinajstić information content (AvgIpc) is 2.29. The van der Waals surface area contributed by atoms with Gasteiger partial charge in [-0.1, -0.05) is 31.2 Å². The Labute approximate surface area is 98.4 Å².